The van der Waals surface area contributed by atoms with Crippen LogP contribution in [0.1, 0.15) is 0 Å². The Balaban J connectivity index is 1.51. The molecule has 0 aliphatic rings. The first-order valence-corrected chi connectivity index (χ1v) is 12.9. The van der Waals surface area contributed by atoms with E-state index in [1.165, 1.54) is 38.3 Å². The van der Waals surface area contributed by atoms with Gasteiger partial charge in [0.15, 0.2) is 0 Å². The van der Waals surface area contributed by atoms with Gasteiger partial charge in [-0.2, -0.15) is 0 Å². The van der Waals surface area contributed by atoms with Gasteiger partial charge in [-0.1, -0.05) is 91.0 Å². The molecule has 3 heteroatoms. The Morgan fingerprint density at radius 2 is 0.947 bits per heavy atom. The molecule has 0 atom stereocenters. The molecular formula is C35H23N3. The highest BCUT2D eigenvalue weighted by molar-refractivity contribution is 6.28. The molecule has 178 valence electrons. The molecule has 0 unspecified atom stereocenters. The molecule has 5 aromatic carbocycles. The summed E-state index contributed by atoms with van der Waals surface area (Å²) in [5.41, 5.74) is 7.98. The number of hydrogen-bond donors (Lipinski definition) is 0. The second-order valence-corrected chi connectivity index (χ2v) is 9.64. The summed E-state index contributed by atoms with van der Waals surface area (Å²) in [5, 5.41) is 5.02. The maximum absolute atomic E-state index is 5.14. The monoisotopic (exact) mass is 485 g/mol. The van der Waals surface area contributed by atoms with Gasteiger partial charge in [-0.3, -0.25) is 4.57 Å². The van der Waals surface area contributed by atoms with Crippen LogP contribution in [-0.4, -0.2) is 14.1 Å². The summed E-state index contributed by atoms with van der Waals surface area (Å²) in [5.74, 6) is 0.920. The van der Waals surface area contributed by atoms with Crippen molar-refractivity contribution in [2.75, 3.05) is 0 Å². The van der Waals surface area contributed by atoms with E-state index in [1.807, 2.05) is 6.07 Å². The molecule has 0 radical (unpaired) electrons. The van der Waals surface area contributed by atoms with Gasteiger partial charge in [-0.15, -0.1) is 0 Å². The van der Waals surface area contributed by atoms with E-state index in [0.29, 0.717) is 0 Å². The van der Waals surface area contributed by atoms with Crippen molar-refractivity contribution < 1.29 is 0 Å². The smallest absolute Gasteiger partial charge is 0.138 e. The minimum absolute atomic E-state index is 0.920. The highest BCUT2D eigenvalue weighted by Gasteiger charge is 2.20. The molecule has 3 nitrogen and oxygen atoms in total. The Kier molecular flexibility index (Phi) is 4.52. The zero-order chi connectivity index (χ0) is 25.1. The average molecular weight is 486 g/mol. The van der Waals surface area contributed by atoms with Crippen LogP contribution in [-0.2, 0) is 0 Å². The second-order valence-electron chi connectivity index (χ2n) is 9.64. The van der Waals surface area contributed by atoms with E-state index in [0.717, 1.165) is 28.1 Å². The highest BCUT2D eigenvalue weighted by Crippen LogP contribution is 2.42. The summed E-state index contributed by atoms with van der Waals surface area (Å²) < 4.78 is 4.69. The Labute approximate surface area is 219 Å². The van der Waals surface area contributed by atoms with Crippen molar-refractivity contribution in [3.63, 3.8) is 0 Å². The number of benzene rings is 5. The number of hydrogen-bond acceptors (Lipinski definition) is 1. The molecule has 8 rings (SSSR count). The topological polar surface area (TPSA) is 22.8 Å². The second kappa shape index (κ2) is 8.19. The van der Waals surface area contributed by atoms with Gasteiger partial charge in [-0.05, 0) is 48.5 Å². The molecule has 0 amide bonds. The molecule has 0 fully saturated rings. The molecule has 0 bridgehead atoms. The molecular weight excluding hydrogens is 462 g/mol. The largest absolute Gasteiger partial charge is 0.309 e. The molecule has 0 aliphatic carbocycles. The Bertz CT molecular complexity index is 2120. The van der Waals surface area contributed by atoms with Crippen LogP contribution in [0.2, 0.25) is 0 Å². The SMILES string of the molecule is c1ccc(-c2cccc(-n3c4ccccc4c4c5c6ccccc6n(-c6ccccc6)c5ccc43)n2)cc1. The Morgan fingerprint density at radius 1 is 0.395 bits per heavy atom. The van der Waals surface area contributed by atoms with Gasteiger partial charge in [0.05, 0.1) is 27.8 Å². The van der Waals surface area contributed by atoms with Crippen molar-refractivity contribution in [1.82, 2.24) is 14.1 Å². The van der Waals surface area contributed by atoms with Gasteiger partial charge in [-0.25, -0.2) is 4.98 Å². The summed E-state index contributed by atoms with van der Waals surface area (Å²) >= 11 is 0. The van der Waals surface area contributed by atoms with E-state index in [9.17, 15) is 0 Å². The highest BCUT2D eigenvalue weighted by atomic mass is 15.1. The lowest BCUT2D eigenvalue weighted by molar-refractivity contribution is 1.08. The van der Waals surface area contributed by atoms with Crippen LogP contribution in [0.5, 0.6) is 0 Å². The van der Waals surface area contributed by atoms with Crippen LogP contribution in [0, 0.1) is 0 Å². The lowest BCUT2D eigenvalue weighted by atomic mass is 10.1. The standard InChI is InChI=1S/C35H23N3/c1-3-12-24(13-4-1)28-18-11-21-33(36-28)38-30-20-10-8-17-27(30)35-32(38)23-22-31-34(35)26-16-7-9-19-29(26)37(31)25-14-5-2-6-15-25/h1-23H. The van der Waals surface area contributed by atoms with E-state index in [-0.39, 0.29) is 0 Å². The van der Waals surface area contributed by atoms with Crippen LogP contribution >= 0.6 is 0 Å². The van der Waals surface area contributed by atoms with E-state index in [1.54, 1.807) is 0 Å². The molecule has 0 saturated carbocycles. The van der Waals surface area contributed by atoms with Crippen molar-refractivity contribution in [2.24, 2.45) is 0 Å². The van der Waals surface area contributed by atoms with Crippen LogP contribution in [0.15, 0.2) is 140 Å². The Hall–Kier alpha value is -5.15. The summed E-state index contributed by atoms with van der Waals surface area (Å²) in [6.45, 7) is 0. The minimum atomic E-state index is 0.920. The van der Waals surface area contributed by atoms with Gasteiger partial charge in [0.25, 0.3) is 0 Å². The summed E-state index contributed by atoms with van der Waals surface area (Å²) in [6.07, 6.45) is 0. The van der Waals surface area contributed by atoms with E-state index < -0.39 is 0 Å². The van der Waals surface area contributed by atoms with Crippen molar-refractivity contribution in [3.05, 3.63) is 140 Å². The molecule has 0 N–H and O–H groups in total. The van der Waals surface area contributed by atoms with Crippen molar-refractivity contribution in [2.45, 2.75) is 0 Å². The molecule has 0 saturated heterocycles. The minimum Gasteiger partial charge on any atom is -0.309 e. The quantitative estimate of drug-likeness (QED) is 0.245. The molecule has 0 aliphatic heterocycles. The zero-order valence-corrected chi connectivity index (χ0v) is 20.6. The lowest BCUT2D eigenvalue weighted by Gasteiger charge is -2.10. The van der Waals surface area contributed by atoms with E-state index >= 15 is 0 Å². The van der Waals surface area contributed by atoms with Gasteiger partial charge >= 0.3 is 0 Å². The number of nitrogens with zero attached hydrogens (tertiary/aromatic N) is 3. The normalized spacial score (nSPS) is 11.7. The fraction of sp³-hybridized carbons (Fsp3) is 0. The zero-order valence-electron chi connectivity index (χ0n) is 20.6. The third-order valence-electron chi connectivity index (χ3n) is 7.52. The lowest BCUT2D eigenvalue weighted by Crippen LogP contribution is -1.98. The van der Waals surface area contributed by atoms with Crippen molar-refractivity contribution >= 4 is 43.6 Å². The number of aromatic nitrogens is 3. The maximum Gasteiger partial charge on any atom is 0.138 e. The predicted octanol–water partition coefficient (Wildman–Crippen LogP) is 8.94. The third kappa shape index (κ3) is 2.99. The van der Waals surface area contributed by atoms with Crippen LogP contribution < -0.4 is 0 Å². The summed E-state index contributed by atoms with van der Waals surface area (Å²) in [6, 6.07) is 49.2. The molecule has 0 spiro atoms. The first-order chi connectivity index (χ1) is 18.9. The fourth-order valence-corrected chi connectivity index (χ4v) is 5.94. The van der Waals surface area contributed by atoms with Gasteiger partial charge in [0, 0.05) is 32.8 Å². The van der Waals surface area contributed by atoms with Gasteiger partial charge in [0.1, 0.15) is 5.82 Å². The fourth-order valence-electron chi connectivity index (χ4n) is 5.94. The van der Waals surface area contributed by atoms with Gasteiger partial charge in [0.2, 0.25) is 0 Å². The predicted molar refractivity (Wildman–Crippen MR) is 158 cm³/mol. The molecule has 8 aromatic rings. The first-order valence-electron chi connectivity index (χ1n) is 12.9. The number of pyridine rings is 1. The average Bonchev–Trinajstić information content (AvgIpc) is 3.51. The third-order valence-corrected chi connectivity index (χ3v) is 7.52. The summed E-state index contributed by atoms with van der Waals surface area (Å²) in [4.78, 5) is 5.14. The molecule has 38 heavy (non-hydrogen) atoms. The number of fused-ring (bicyclic) bond motifs is 7. The van der Waals surface area contributed by atoms with Crippen molar-refractivity contribution in [3.8, 4) is 22.8 Å². The first kappa shape index (κ1) is 21.0. The summed E-state index contributed by atoms with van der Waals surface area (Å²) in [7, 11) is 0. The molecule has 3 heterocycles. The van der Waals surface area contributed by atoms with E-state index in [2.05, 4.69) is 143 Å². The van der Waals surface area contributed by atoms with Crippen LogP contribution in [0.3, 0.4) is 0 Å². The number of para-hydroxylation sites is 3. The van der Waals surface area contributed by atoms with E-state index in [4.69, 9.17) is 4.98 Å². The van der Waals surface area contributed by atoms with Gasteiger partial charge < -0.3 is 4.57 Å². The molecule has 3 aromatic heterocycles. The van der Waals surface area contributed by atoms with Crippen LogP contribution in [0.4, 0.5) is 0 Å². The van der Waals surface area contributed by atoms with Crippen LogP contribution in [0.25, 0.3) is 66.4 Å². The number of rotatable bonds is 3. The van der Waals surface area contributed by atoms with Crippen molar-refractivity contribution in [1.29, 1.82) is 0 Å². The maximum atomic E-state index is 5.14. The Morgan fingerprint density at radius 3 is 1.63 bits per heavy atom.